The van der Waals surface area contributed by atoms with Crippen molar-refractivity contribution in [1.29, 1.82) is 0 Å². The van der Waals surface area contributed by atoms with Crippen molar-refractivity contribution >= 4 is 17.4 Å². The van der Waals surface area contributed by atoms with Gasteiger partial charge in [-0.15, -0.1) is 11.3 Å². The summed E-state index contributed by atoms with van der Waals surface area (Å²) in [5, 5.41) is 14.4. The van der Waals surface area contributed by atoms with Crippen molar-refractivity contribution in [3.63, 3.8) is 0 Å². The lowest BCUT2D eigenvalue weighted by atomic mass is 10.1. The third-order valence-electron chi connectivity index (χ3n) is 2.75. The second-order valence-electron chi connectivity index (χ2n) is 3.98. The van der Waals surface area contributed by atoms with E-state index < -0.39 is 6.09 Å². The Morgan fingerprint density at radius 2 is 2.47 bits per heavy atom. The van der Waals surface area contributed by atoms with Gasteiger partial charge in [0.1, 0.15) is 0 Å². The second kappa shape index (κ2) is 4.18. The van der Waals surface area contributed by atoms with Gasteiger partial charge in [0.25, 0.3) is 0 Å². The van der Waals surface area contributed by atoms with Gasteiger partial charge in [0.15, 0.2) is 0 Å². The summed E-state index contributed by atoms with van der Waals surface area (Å²) >= 11 is 1.68. The number of hydrogen-bond acceptors (Lipinski definition) is 3. The van der Waals surface area contributed by atoms with Gasteiger partial charge in [0.2, 0.25) is 0 Å². The molecule has 0 aromatic carbocycles. The molecule has 82 valence electrons. The molecule has 1 amide bonds. The van der Waals surface area contributed by atoms with Crippen LogP contribution in [0.2, 0.25) is 0 Å². The Labute approximate surface area is 92.3 Å². The number of amides is 1. The van der Waals surface area contributed by atoms with Crippen LogP contribution < -0.4 is 5.32 Å². The van der Waals surface area contributed by atoms with E-state index >= 15 is 0 Å². The lowest BCUT2D eigenvalue weighted by Crippen LogP contribution is -2.31. The Morgan fingerprint density at radius 3 is 3.07 bits per heavy atom. The lowest BCUT2D eigenvalue weighted by molar-refractivity contribution is 0.190. The third-order valence-corrected chi connectivity index (χ3v) is 3.87. The molecule has 0 saturated heterocycles. The molecular weight excluding hydrogens is 212 g/mol. The maximum absolute atomic E-state index is 10.5. The number of nitrogens with one attached hydrogen (secondary N) is 1. The van der Waals surface area contributed by atoms with Crippen LogP contribution in [0.4, 0.5) is 4.79 Å². The lowest BCUT2D eigenvalue weighted by Gasteiger charge is -2.09. The minimum Gasteiger partial charge on any atom is -0.465 e. The van der Waals surface area contributed by atoms with Crippen molar-refractivity contribution < 1.29 is 9.90 Å². The molecule has 0 spiro atoms. The number of nitrogens with zero attached hydrogens (tertiary/aromatic N) is 1. The molecule has 2 atom stereocenters. The monoisotopic (exact) mass is 226 g/mol. The van der Waals surface area contributed by atoms with Crippen molar-refractivity contribution in [3.05, 3.63) is 16.1 Å². The number of carbonyl (C=O) groups is 1. The Morgan fingerprint density at radius 1 is 1.67 bits per heavy atom. The fourth-order valence-corrected chi connectivity index (χ4v) is 3.02. The Bertz CT molecular complexity index is 364. The van der Waals surface area contributed by atoms with E-state index in [2.05, 4.69) is 10.3 Å². The van der Waals surface area contributed by atoms with E-state index in [1.165, 1.54) is 0 Å². The van der Waals surface area contributed by atoms with Crippen LogP contribution in [-0.4, -0.2) is 22.2 Å². The van der Waals surface area contributed by atoms with E-state index in [4.69, 9.17) is 5.11 Å². The number of thiazole rings is 1. The largest absolute Gasteiger partial charge is 0.465 e. The predicted molar refractivity (Wildman–Crippen MR) is 58.4 cm³/mol. The van der Waals surface area contributed by atoms with Crippen LogP contribution in [0.5, 0.6) is 0 Å². The van der Waals surface area contributed by atoms with E-state index in [1.807, 2.05) is 12.3 Å². The van der Waals surface area contributed by atoms with E-state index in [-0.39, 0.29) is 6.04 Å². The first-order valence-electron chi connectivity index (χ1n) is 5.06. The average Bonchev–Trinajstić information content (AvgIpc) is 2.72. The number of hydrogen-bond donors (Lipinski definition) is 2. The van der Waals surface area contributed by atoms with Gasteiger partial charge in [-0.25, -0.2) is 9.78 Å². The molecule has 1 heterocycles. The van der Waals surface area contributed by atoms with Crippen molar-refractivity contribution in [2.75, 3.05) is 0 Å². The summed E-state index contributed by atoms with van der Waals surface area (Å²) in [6.45, 7) is 1.99. The summed E-state index contributed by atoms with van der Waals surface area (Å²) in [4.78, 5) is 14.9. The minimum atomic E-state index is -0.920. The molecule has 4 nitrogen and oxygen atoms in total. The first-order chi connectivity index (χ1) is 7.15. The number of rotatable bonds is 2. The highest BCUT2D eigenvalue weighted by molar-refractivity contribution is 7.09. The van der Waals surface area contributed by atoms with E-state index in [0.717, 1.165) is 30.0 Å². The van der Waals surface area contributed by atoms with Crippen LogP contribution in [0, 0.1) is 6.92 Å². The maximum atomic E-state index is 10.5. The molecule has 1 fully saturated rings. The first kappa shape index (κ1) is 10.4. The molecule has 1 saturated carbocycles. The van der Waals surface area contributed by atoms with Gasteiger partial charge in [-0.2, -0.15) is 0 Å². The molecule has 2 rings (SSSR count). The Balaban J connectivity index is 1.95. The Kier molecular flexibility index (Phi) is 2.90. The third kappa shape index (κ3) is 2.47. The molecule has 1 aromatic rings. The zero-order valence-electron chi connectivity index (χ0n) is 8.56. The SMILES string of the molecule is Cc1csc([C@H]2CCC(NC(=O)O)C2)n1. The van der Waals surface area contributed by atoms with E-state index in [1.54, 1.807) is 11.3 Å². The molecule has 0 aliphatic heterocycles. The average molecular weight is 226 g/mol. The molecule has 1 aliphatic rings. The Hall–Kier alpha value is -1.10. The van der Waals surface area contributed by atoms with Gasteiger partial charge in [-0.05, 0) is 26.2 Å². The highest BCUT2D eigenvalue weighted by Crippen LogP contribution is 2.35. The molecular formula is C10H14N2O2S. The van der Waals surface area contributed by atoms with Gasteiger partial charge in [-0.3, -0.25) is 0 Å². The van der Waals surface area contributed by atoms with Crippen molar-refractivity contribution in [3.8, 4) is 0 Å². The summed E-state index contributed by atoms with van der Waals surface area (Å²) < 4.78 is 0. The molecule has 5 heteroatoms. The van der Waals surface area contributed by atoms with Gasteiger partial charge in [0, 0.05) is 23.0 Å². The normalized spacial score (nSPS) is 25.4. The van der Waals surface area contributed by atoms with Gasteiger partial charge in [-0.1, -0.05) is 0 Å². The highest BCUT2D eigenvalue weighted by Gasteiger charge is 2.28. The van der Waals surface area contributed by atoms with Crippen LogP contribution >= 0.6 is 11.3 Å². The molecule has 0 radical (unpaired) electrons. The first-order valence-corrected chi connectivity index (χ1v) is 5.94. The molecule has 1 unspecified atom stereocenters. The maximum Gasteiger partial charge on any atom is 0.404 e. The second-order valence-corrected chi connectivity index (χ2v) is 4.87. The van der Waals surface area contributed by atoms with Gasteiger partial charge in [0.05, 0.1) is 5.01 Å². The summed E-state index contributed by atoms with van der Waals surface area (Å²) in [6.07, 6.45) is 1.93. The fraction of sp³-hybridized carbons (Fsp3) is 0.600. The topological polar surface area (TPSA) is 62.2 Å². The summed E-state index contributed by atoms with van der Waals surface area (Å²) in [7, 11) is 0. The van der Waals surface area contributed by atoms with Crippen LogP contribution in [0.3, 0.4) is 0 Å². The summed E-state index contributed by atoms with van der Waals surface area (Å²) in [5.74, 6) is 0.445. The van der Waals surface area contributed by atoms with Gasteiger partial charge >= 0.3 is 6.09 Å². The highest BCUT2D eigenvalue weighted by atomic mass is 32.1. The standard InChI is InChI=1S/C10H14N2O2S/c1-6-5-15-9(11-6)7-2-3-8(4-7)12-10(13)14/h5,7-8,12H,2-4H2,1H3,(H,13,14)/t7-,8?/m0/s1. The van der Waals surface area contributed by atoms with Crippen LogP contribution in [0.15, 0.2) is 5.38 Å². The predicted octanol–water partition coefficient (Wildman–Crippen LogP) is 2.36. The van der Waals surface area contributed by atoms with Crippen LogP contribution in [-0.2, 0) is 0 Å². The fourth-order valence-electron chi connectivity index (χ4n) is 2.07. The smallest absolute Gasteiger partial charge is 0.404 e. The molecule has 1 aromatic heterocycles. The molecule has 2 N–H and O–H groups in total. The number of aromatic nitrogens is 1. The summed E-state index contributed by atoms with van der Waals surface area (Å²) in [6, 6.07) is 0.108. The van der Waals surface area contributed by atoms with E-state index in [9.17, 15) is 4.79 Å². The van der Waals surface area contributed by atoms with Crippen LogP contribution in [0.1, 0.15) is 35.9 Å². The van der Waals surface area contributed by atoms with Crippen LogP contribution in [0.25, 0.3) is 0 Å². The zero-order chi connectivity index (χ0) is 10.8. The molecule has 0 bridgehead atoms. The van der Waals surface area contributed by atoms with Crippen molar-refractivity contribution in [2.24, 2.45) is 0 Å². The number of carboxylic acid groups (broad SMARTS) is 1. The van der Waals surface area contributed by atoms with Gasteiger partial charge < -0.3 is 10.4 Å². The quantitative estimate of drug-likeness (QED) is 0.813. The zero-order valence-corrected chi connectivity index (χ0v) is 9.38. The van der Waals surface area contributed by atoms with Crippen molar-refractivity contribution in [1.82, 2.24) is 10.3 Å². The minimum absolute atomic E-state index is 0.108. The van der Waals surface area contributed by atoms with E-state index in [0.29, 0.717) is 5.92 Å². The van der Waals surface area contributed by atoms with Crippen molar-refractivity contribution in [2.45, 2.75) is 38.1 Å². The molecule has 15 heavy (non-hydrogen) atoms. The summed E-state index contributed by atoms with van der Waals surface area (Å²) in [5.41, 5.74) is 1.06. The molecule has 1 aliphatic carbocycles. The number of aryl methyl sites for hydroxylation is 1.